The topological polar surface area (TPSA) is 81.2 Å². The van der Waals surface area contributed by atoms with Crippen LogP contribution in [0.4, 0.5) is 5.13 Å². The summed E-state index contributed by atoms with van der Waals surface area (Å²) < 4.78 is 6.42. The third-order valence-electron chi connectivity index (χ3n) is 3.20. The highest BCUT2D eigenvalue weighted by atomic mass is 32.1. The molecule has 0 fully saturated rings. The quantitative estimate of drug-likeness (QED) is 0.778. The second-order valence-electron chi connectivity index (χ2n) is 4.88. The van der Waals surface area contributed by atoms with Gasteiger partial charge in [0, 0.05) is 5.56 Å². The molecule has 0 radical (unpaired) electrons. The minimum atomic E-state index is -0.187. The highest BCUT2D eigenvalue weighted by molar-refractivity contribution is 7.22. The summed E-state index contributed by atoms with van der Waals surface area (Å²) in [6, 6.07) is 8.92. The molecule has 1 atom stereocenters. The van der Waals surface area contributed by atoms with Crippen molar-refractivity contribution in [1.29, 1.82) is 0 Å². The van der Waals surface area contributed by atoms with Crippen LogP contribution in [0.2, 0.25) is 0 Å². The fourth-order valence-corrected chi connectivity index (χ4v) is 2.89. The first-order chi connectivity index (χ1) is 10.0. The molecule has 0 spiro atoms. The molecule has 0 aliphatic rings. The molecule has 1 unspecified atom stereocenters. The minimum absolute atomic E-state index is 0.148. The van der Waals surface area contributed by atoms with Crippen LogP contribution in [-0.2, 0) is 0 Å². The van der Waals surface area contributed by atoms with E-state index in [1.807, 2.05) is 26.0 Å². The Morgan fingerprint density at radius 3 is 2.90 bits per heavy atom. The van der Waals surface area contributed by atoms with Gasteiger partial charge >= 0.3 is 0 Å². The zero-order valence-electron chi connectivity index (χ0n) is 11.7. The molecular formula is C15H15N3O2S. The van der Waals surface area contributed by atoms with Crippen molar-refractivity contribution in [2.75, 3.05) is 5.73 Å². The van der Waals surface area contributed by atoms with Crippen LogP contribution in [0.25, 0.3) is 10.2 Å². The molecule has 6 heteroatoms. The van der Waals surface area contributed by atoms with Crippen LogP contribution in [0.1, 0.15) is 34.8 Å². The number of hydrogen-bond donors (Lipinski definition) is 2. The van der Waals surface area contributed by atoms with Crippen molar-refractivity contribution in [3.05, 3.63) is 47.4 Å². The molecule has 0 aliphatic heterocycles. The lowest BCUT2D eigenvalue weighted by Gasteiger charge is -2.11. The SMILES string of the molecule is Cc1ccc(C(C)NC(=O)c2ccc3nc(N)sc3c2)o1. The van der Waals surface area contributed by atoms with E-state index in [0.29, 0.717) is 10.7 Å². The number of fused-ring (bicyclic) bond motifs is 1. The third-order valence-corrected chi connectivity index (χ3v) is 4.05. The molecule has 0 saturated heterocycles. The molecular weight excluding hydrogens is 286 g/mol. The number of anilines is 1. The van der Waals surface area contributed by atoms with Crippen LogP contribution in [0.5, 0.6) is 0 Å². The highest BCUT2D eigenvalue weighted by Crippen LogP contribution is 2.25. The average Bonchev–Trinajstić information content (AvgIpc) is 3.02. The third kappa shape index (κ3) is 2.75. The Balaban J connectivity index is 1.79. The first-order valence-corrected chi connectivity index (χ1v) is 7.38. The Morgan fingerprint density at radius 1 is 1.38 bits per heavy atom. The Labute approximate surface area is 125 Å². The van der Waals surface area contributed by atoms with Gasteiger partial charge < -0.3 is 15.5 Å². The lowest BCUT2D eigenvalue weighted by molar-refractivity contribution is 0.0935. The first-order valence-electron chi connectivity index (χ1n) is 6.56. The van der Waals surface area contributed by atoms with Gasteiger partial charge in [-0.05, 0) is 44.2 Å². The maximum absolute atomic E-state index is 12.3. The normalized spacial score (nSPS) is 12.5. The number of nitrogens with zero attached hydrogens (tertiary/aromatic N) is 1. The van der Waals surface area contributed by atoms with Crippen LogP contribution in [0.3, 0.4) is 0 Å². The van der Waals surface area contributed by atoms with E-state index in [2.05, 4.69) is 10.3 Å². The van der Waals surface area contributed by atoms with E-state index in [4.69, 9.17) is 10.2 Å². The number of thiazole rings is 1. The molecule has 21 heavy (non-hydrogen) atoms. The second kappa shape index (κ2) is 5.21. The van der Waals surface area contributed by atoms with E-state index >= 15 is 0 Å². The van der Waals surface area contributed by atoms with Gasteiger partial charge in [-0.3, -0.25) is 4.79 Å². The number of nitrogens with one attached hydrogen (secondary N) is 1. The van der Waals surface area contributed by atoms with Gasteiger partial charge in [-0.1, -0.05) is 11.3 Å². The van der Waals surface area contributed by atoms with Crippen LogP contribution < -0.4 is 11.1 Å². The maximum Gasteiger partial charge on any atom is 0.251 e. The molecule has 3 aromatic rings. The van der Waals surface area contributed by atoms with E-state index in [1.54, 1.807) is 18.2 Å². The van der Waals surface area contributed by atoms with Crippen LogP contribution >= 0.6 is 11.3 Å². The lowest BCUT2D eigenvalue weighted by atomic mass is 10.2. The number of furan rings is 1. The predicted molar refractivity (Wildman–Crippen MR) is 83.4 cm³/mol. The van der Waals surface area contributed by atoms with Gasteiger partial charge in [-0.2, -0.15) is 0 Å². The van der Waals surface area contributed by atoms with Gasteiger partial charge in [0.05, 0.1) is 16.3 Å². The number of carbonyl (C=O) groups excluding carboxylic acids is 1. The largest absolute Gasteiger partial charge is 0.464 e. The van der Waals surface area contributed by atoms with E-state index < -0.39 is 0 Å². The van der Waals surface area contributed by atoms with Crippen molar-refractivity contribution < 1.29 is 9.21 Å². The van der Waals surface area contributed by atoms with Crippen molar-refractivity contribution in [3.8, 4) is 0 Å². The second-order valence-corrected chi connectivity index (χ2v) is 5.94. The zero-order chi connectivity index (χ0) is 15.0. The van der Waals surface area contributed by atoms with Gasteiger partial charge in [-0.15, -0.1) is 0 Å². The number of benzene rings is 1. The number of hydrogen-bond acceptors (Lipinski definition) is 5. The van der Waals surface area contributed by atoms with Crippen molar-refractivity contribution in [2.24, 2.45) is 0 Å². The van der Waals surface area contributed by atoms with Crippen molar-refractivity contribution >= 4 is 32.6 Å². The summed E-state index contributed by atoms with van der Waals surface area (Å²) in [5, 5.41) is 3.42. The Hall–Kier alpha value is -2.34. The Morgan fingerprint density at radius 2 is 2.19 bits per heavy atom. The smallest absolute Gasteiger partial charge is 0.251 e. The lowest BCUT2D eigenvalue weighted by Crippen LogP contribution is -2.26. The first kappa shape index (κ1) is 13.6. The number of aryl methyl sites for hydroxylation is 1. The molecule has 0 saturated carbocycles. The fraction of sp³-hybridized carbons (Fsp3) is 0.200. The van der Waals surface area contributed by atoms with Crippen LogP contribution in [-0.4, -0.2) is 10.9 Å². The van der Waals surface area contributed by atoms with E-state index in [-0.39, 0.29) is 11.9 Å². The summed E-state index contributed by atoms with van der Waals surface area (Å²) in [5.41, 5.74) is 7.06. The van der Waals surface area contributed by atoms with Gasteiger partial charge in [0.2, 0.25) is 0 Å². The fourth-order valence-electron chi connectivity index (χ4n) is 2.12. The number of nitrogens with two attached hydrogens (primary N) is 1. The highest BCUT2D eigenvalue weighted by Gasteiger charge is 2.15. The van der Waals surface area contributed by atoms with Gasteiger partial charge in [0.25, 0.3) is 5.91 Å². The average molecular weight is 301 g/mol. The predicted octanol–water partition coefficient (Wildman–Crippen LogP) is 3.27. The number of carbonyl (C=O) groups is 1. The van der Waals surface area contributed by atoms with Crippen molar-refractivity contribution in [3.63, 3.8) is 0 Å². The van der Waals surface area contributed by atoms with Gasteiger partial charge in [0.15, 0.2) is 5.13 Å². The zero-order valence-corrected chi connectivity index (χ0v) is 12.5. The monoisotopic (exact) mass is 301 g/mol. The molecule has 3 rings (SSSR count). The molecule has 5 nitrogen and oxygen atoms in total. The van der Waals surface area contributed by atoms with E-state index in [0.717, 1.165) is 21.7 Å². The molecule has 1 amide bonds. The summed E-state index contributed by atoms with van der Waals surface area (Å²) >= 11 is 1.37. The number of aromatic nitrogens is 1. The van der Waals surface area contributed by atoms with Gasteiger partial charge in [-0.25, -0.2) is 4.98 Å². The molecule has 1 aromatic carbocycles. The summed E-state index contributed by atoms with van der Waals surface area (Å²) in [6.07, 6.45) is 0. The molecule has 108 valence electrons. The molecule has 0 bridgehead atoms. The van der Waals surface area contributed by atoms with E-state index in [1.165, 1.54) is 11.3 Å². The molecule has 0 aliphatic carbocycles. The molecule has 2 aromatic heterocycles. The Kier molecular flexibility index (Phi) is 3.39. The summed E-state index contributed by atoms with van der Waals surface area (Å²) in [5.74, 6) is 1.42. The molecule has 3 N–H and O–H groups in total. The van der Waals surface area contributed by atoms with Crippen LogP contribution in [0.15, 0.2) is 34.7 Å². The maximum atomic E-state index is 12.3. The van der Waals surface area contributed by atoms with E-state index in [9.17, 15) is 4.79 Å². The molecule has 2 heterocycles. The standard InChI is InChI=1S/C15H15N3O2S/c1-8-3-6-12(20-8)9(2)17-14(19)10-4-5-11-13(7-10)21-15(16)18-11/h3-7,9H,1-2H3,(H2,16,18)(H,17,19). The summed E-state index contributed by atoms with van der Waals surface area (Å²) in [4.78, 5) is 16.5. The summed E-state index contributed by atoms with van der Waals surface area (Å²) in [7, 11) is 0. The van der Waals surface area contributed by atoms with Crippen molar-refractivity contribution in [1.82, 2.24) is 10.3 Å². The minimum Gasteiger partial charge on any atom is -0.464 e. The number of rotatable bonds is 3. The number of amides is 1. The summed E-state index contributed by atoms with van der Waals surface area (Å²) in [6.45, 7) is 3.76. The Bertz CT molecular complexity index is 806. The number of nitrogen functional groups attached to an aromatic ring is 1. The van der Waals surface area contributed by atoms with Crippen molar-refractivity contribution in [2.45, 2.75) is 19.9 Å². The van der Waals surface area contributed by atoms with Crippen LogP contribution in [0, 0.1) is 6.92 Å². The van der Waals surface area contributed by atoms with Gasteiger partial charge in [0.1, 0.15) is 11.5 Å².